The van der Waals surface area contributed by atoms with Crippen LogP contribution in [0.2, 0.25) is 0 Å². The van der Waals surface area contributed by atoms with Crippen molar-refractivity contribution >= 4 is 28.8 Å². The van der Waals surface area contributed by atoms with E-state index in [1.54, 1.807) is 12.1 Å². The molecule has 3 N–H and O–H groups in total. The molecule has 0 unspecified atom stereocenters. The van der Waals surface area contributed by atoms with Gasteiger partial charge in [-0.15, -0.1) is 0 Å². The number of amides is 2. The fraction of sp³-hybridized carbons (Fsp3) is 0.118. The first-order chi connectivity index (χ1) is 11.1. The lowest BCUT2D eigenvalue weighted by Gasteiger charge is -2.07. The van der Waals surface area contributed by atoms with Gasteiger partial charge in [-0.05, 0) is 30.7 Å². The average molecular weight is 308 g/mol. The first-order valence-electron chi connectivity index (χ1n) is 7.22. The molecular formula is C17H16N4O2. The minimum atomic E-state index is -0.342. The van der Waals surface area contributed by atoms with Crippen molar-refractivity contribution in [3.05, 3.63) is 59.7 Å². The number of anilines is 1. The summed E-state index contributed by atoms with van der Waals surface area (Å²) in [5.41, 5.74) is 3.03. The number of carbonyl (C=O) groups is 2. The number of benzene rings is 2. The van der Waals surface area contributed by atoms with Crippen LogP contribution in [-0.2, 0) is 4.79 Å². The molecule has 2 amide bonds. The quantitative estimate of drug-likeness (QED) is 0.691. The topological polar surface area (TPSA) is 86.9 Å². The van der Waals surface area contributed by atoms with Crippen molar-refractivity contribution in [3.8, 4) is 0 Å². The summed E-state index contributed by atoms with van der Waals surface area (Å²) in [6.45, 7) is 1.73. The van der Waals surface area contributed by atoms with Gasteiger partial charge in [-0.2, -0.15) is 0 Å². The Morgan fingerprint density at radius 1 is 1.09 bits per heavy atom. The van der Waals surface area contributed by atoms with Gasteiger partial charge in [0.05, 0.1) is 17.6 Å². The predicted molar refractivity (Wildman–Crippen MR) is 88.2 cm³/mol. The number of nitrogens with one attached hydrogen (secondary N) is 3. The maximum absolute atomic E-state index is 12.0. The summed E-state index contributed by atoms with van der Waals surface area (Å²) < 4.78 is 0. The fourth-order valence-corrected chi connectivity index (χ4v) is 2.27. The van der Waals surface area contributed by atoms with E-state index in [4.69, 9.17) is 0 Å². The molecule has 0 fully saturated rings. The third-order valence-electron chi connectivity index (χ3n) is 3.45. The minimum absolute atomic E-state index is 0.121. The standard InChI is InChI=1S/C17H16N4O2/c1-11-6-2-3-7-12(11)16(23)18-10-15(22)21-17-19-13-8-4-5-9-14(13)20-17/h2-9H,10H2,1H3,(H,18,23)(H2,19,20,21,22). The smallest absolute Gasteiger partial charge is 0.251 e. The predicted octanol–water partition coefficient (Wildman–Crippen LogP) is 2.24. The molecule has 0 aliphatic carbocycles. The Morgan fingerprint density at radius 3 is 2.61 bits per heavy atom. The monoisotopic (exact) mass is 308 g/mol. The summed E-state index contributed by atoms with van der Waals surface area (Å²) in [6, 6.07) is 14.7. The van der Waals surface area contributed by atoms with E-state index in [9.17, 15) is 9.59 Å². The molecular weight excluding hydrogens is 292 g/mol. The zero-order valence-corrected chi connectivity index (χ0v) is 12.6. The van der Waals surface area contributed by atoms with Crippen molar-refractivity contribution in [2.24, 2.45) is 0 Å². The molecule has 1 aromatic heterocycles. The molecule has 6 heteroatoms. The van der Waals surface area contributed by atoms with E-state index in [1.807, 2.05) is 43.3 Å². The third kappa shape index (κ3) is 3.37. The van der Waals surface area contributed by atoms with E-state index >= 15 is 0 Å². The SMILES string of the molecule is Cc1ccccc1C(=O)NCC(=O)Nc1nc2ccccc2[nH]1. The number of nitrogens with zero attached hydrogens (tertiary/aromatic N) is 1. The largest absolute Gasteiger partial charge is 0.343 e. The van der Waals surface area contributed by atoms with Crippen LogP contribution in [0.5, 0.6) is 0 Å². The number of para-hydroxylation sites is 2. The van der Waals surface area contributed by atoms with Crippen molar-refractivity contribution in [1.82, 2.24) is 15.3 Å². The number of aromatic amines is 1. The molecule has 6 nitrogen and oxygen atoms in total. The Kier molecular flexibility index (Phi) is 4.05. The highest BCUT2D eigenvalue weighted by atomic mass is 16.2. The van der Waals surface area contributed by atoms with E-state index in [-0.39, 0.29) is 18.4 Å². The van der Waals surface area contributed by atoms with Crippen LogP contribution in [-0.4, -0.2) is 28.3 Å². The molecule has 0 radical (unpaired) electrons. The van der Waals surface area contributed by atoms with E-state index < -0.39 is 0 Å². The van der Waals surface area contributed by atoms with Crippen molar-refractivity contribution in [1.29, 1.82) is 0 Å². The number of imidazole rings is 1. The Hall–Kier alpha value is -3.15. The Bertz CT molecular complexity index is 837. The van der Waals surface area contributed by atoms with Crippen LogP contribution >= 0.6 is 0 Å². The normalized spacial score (nSPS) is 10.5. The van der Waals surface area contributed by atoms with Gasteiger partial charge in [-0.25, -0.2) is 4.98 Å². The summed E-state index contributed by atoms with van der Waals surface area (Å²) in [6.07, 6.45) is 0. The summed E-state index contributed by atoms with van der Waals surface area (Å²) in [7, 11) is 0. The lowest BCUT2D eigenvalue weighted by molar-refractivity contribution is -0.115. The van der Waals surface area contributed by atoms with Crippen molar-refractivity contribution < 1.29 is 9.59 Å². The van der Waals surface area contributed by atoms with Gasteiger partial charge in [0.1, 0.15) is 0 Å². The lowest BCUT2D eigenvalue weighted by Crippen LogP contribution is -2.33. The van der Waals surface area contributed by atoms with E-state index in [1.165, 1.54) is 0 Å². The third-order valence-corrected chi connectivity index (χ3v) is 3.45. The number of H-pyrrole nitrogens is 1. The second-order valence-corrected chi connectivity index (χ2v) is 5.15. The number of aryl methyl sites for hydroxylation is 1. The van der Waals surface area contributed by atoms with Gasteiger partial charge >= 0.3 is 0 Å². The van der Waals surface area contributed by atoms with Gasteiger partial charge in [0.25, 0.3) is 5.91 Å². The first kappa shape index (κ1) is 14.8. The molecule has 0 bridgehead atoms. The van der Waals surface area contributed by atoms with Crippen LogP contribution in [0.15, 0.2) is 48.5 Å². The van der Waals surface area contributed by atoms with E-state index in [0.717, 1.165) is 16.6 Å². The summed E-state index contributed by atoms with van der Waals surface area (Å²) >= 11 is 0. The van der Waals surface area contributed by atoms with Crippen LogP contribution in [0, 0.1) is 6.92 Å². The van der Waals surface area contributed by atoms with E-state index in [2.05, 4.69) is 20.6 Å². The van der Waals surface area contributed by atoms with Crippen LogP contribution < -0.4 is 10.6 Å². The lowest BCUT2D eigenvalue weighted by atomic mass is 10.1. The Labute approximate surface area is 132 Å². The molecule has 23 heavy (non-hydrogen) atoms. The van der Waals surface area contributed by atoms with Gasteiger partial charge in [0.2, 0.25) is 11.9 Å². The highest BCUT2D eigenvalue weighted by molar-refractivity contribution is 6.00. The highest BCUT2D eigenvalue weighted by Crippen LogP contribution is 2.13. The zero-order chi connectivity index (χ0) is 16.2. The number of hydrogen-bond acceptors (Lipinski definition) is 3. The van der Waals surface area contributed by atoms with Crippen molar-refractivity contribution in [2.75, 3.05) is 11.9 Å². The second kappa shape index (κ2) is 6.31. The number of aromatic nitrogens is 2. The van der Waals surface area contributed by atoms with Crippen molar-refractivity contribution in [3.63, 3.8) is 0 Å². The number of carbonyl (C=O) groups excluding carboxylic acids is 2. The van der Waals surface area contributed by atoms with Gasteiger partial charge < -0.3 is 10.3 Å². The Morgan fingerprint density at radius 2 is 1.83 bits per heavy atom. The molecule has 0 atom stereocenters. The van der Waals surface area contributed by atoms with Crippen LogP contribution in [0.4, 0.5) is 5.95 Å². The molecule has 116 valence electrons. The number of fused-ring (bicyclic) bond motifs is 1. The second-order valence-electron chi connectivity index (χ2n) is 5.15. The summed E-state index contributed by atoms with van der Waals surface area (Å²) in [5, 5.41) is 5.23. The molecule has 0 aliphatic rings. The zero-order valence-electron chi connectivity index (χ0n) is 12.6. The Balaban J connectivity index is 1.59. The van der Waals surface area contributed by atoms with Gasteiger partial charge in [0, 0.05) is 5.56 Å². The summed E-state index contributed by atoms with van der Waals surface area (Å²) in [5.74, 6) is -0.254. The molecule has 0 spiro atoms. The van der Waals surface area contributed by atoms with Gasteiger partial charge in [0.15, 0.2) is 0 Å². The fourth-order valence-electron chi connectivity index (χ4n) is 2.27. The average Bonchev–Trinajstić information content (AvgIpc) is 2.95. The molecule has 3 rings (SSSR count). The number of hydrogen-bond donors (Lipinski definition) is 3. The molecule has 1 heterocycles. The number of rotatable bonds is 4. The van der Waals surface area contributed by atoms with E-state index in [0.29, 0.717) is 11.5 Å². The summed E-state index contributed by atoms with van der Waals surface area (Å²) in [4.78, 5) is 31.2. The molecule has 0 saturated heterocycles. The maximum Gasteiger partial charge on any atom is 0.251 e. The maximum atomic E-state index is 12.0. The first-order valence-corrected chi connectivity index (χ1v) is 7.22. The molecule has 3 aromatic rings. The molecule has 0 saturated carbocycles. The highest BCUT2D eigenvalue weighted by Gasteiger charge is 2.11. The van der Waals surface area contributed by atoms with Crippen LogP contribution in [0.3, 0.4) is 0 Å². The minimum Gasteiger partial charge on any atom is -0.343 e. The van der Waals surface area contributed by atoms with Gasteiger partial charge in [-0.1, -0.05) is 30.3 Å². The van der Waals surface area contributed by atoms with Crippen LogP contribution in [0.1, 0.15) is 15.9 Å². The molecule has 0 aliphatic heterocycles. The van der Waals surface area contributed by atoms with Crippen LogP contribution in [0.25, 0.3) is 11.0 Å². The molecule has 2 aromatic carbocycles. The van der Waals surface area contributed by atoms with Gasteiger partial charge in [-0.3, -0.25) is 14.9 Å². The van der Waals surface area contributed by atoms with Crippen molar-refractivity contribution in [2.45, 2.75) is 6.92 Å².